The third kappa shape index (κ3) is 2.51. The molecular weight excluding hydrogens is 254 g/mol. The molecule has 0 saturated carbocycles. The average Bonchev–Trinajstić information content (AvgIpc) is 2.80. The Bertz CT molecular complexity index is 528. The first-order chi connectivity index (χ1) is 9.02. The molecule has 0 bridgehead atoms. The summed E-state index contributed by atoms with van der Waals surface area (Å²) in [5, 5.41) is 8.70. The third-order valence-electron chi connectivity index (χ3n) is 2.79. The standard InChI is InChI=1S/C11H11N3O5/c1-19-11(18)6-2-9(15)14(5-6)8-4-12-7(3-13-8)10(16)17/h3-4,6H,2,5H2,1H3,(H,16,17). The number of amides is 1. The quantitative estimate of drug-likeness (QED) is 0.747. The Kier molecular flexibility index (Phi) is 3.41. The van der Waals surface area contributed by atoms with Crippen LogP contribution in [0.15, 0.2) is 12.4 Å². The van der Waals surface area contributed by atoms with E-state index < -0.39 is 17.9 Å². The van der Waals surface area contributed by atoms with Crippen LogP contribution in [-0.2, 0) is 14.3 Å². The van der Waals surface area contributed by atoms with Gasteiger partial charge in [0.1, 0.15) is 0 Å². The molecule has 1 aromatic heterocycles. The fourth-order valence-corrected chi connectivity index (χ4v) is 1.82. The molecule has 8 heteroatoms. The molecule has 1 unspecified atom stereocenters. The molecule has 1 amide bonds. The molecule has 0 radical (unpaired) electrons. The van der Waals surface area contributed by atoms with Crippen LogP contribution in [0.2, 0.25) is 0 Å². The molecule has 0 spiro atoms. The number of hydrogen-bond acceptors (Lipinski definition) is 6. The first-order valence-electron chi connectivity index (χ1n) is 5.46. The zero-order valence-corrected chi connectivity index (χ0v) is 10.1. The number of anilines is 1. The first kappa shape index (κ1) is 12.9. The van der Waals surface area contributed by atoms with Crippen molar-refractivity contribution < 1.29 is 24.2 Å². The Hall–Kier alpha value is -2.51. The van der Waals surface area contributed by atoms with Crippen LogP contribution < -0.4 is 4.90 Å². The number of nitrogens with zero attached hydrogens (tertiary/aromatic N) is 3. The molecule has 1 atom stereocenters. The van der Waals surface area contributed by atoms with Gasteiger partial charge in [-0.05, 0) is 0 Å². The van der Waals surface area contributed by atoms with Crippen LogP contribution in [0.25, 0.3) is 0 Å². The Morgan fingerprint density at radius 2 is 2.16 bits per heavy atom. The van der Waals surface area contributed by atoms with E-state index in [1.165, 1.54) is 18.2 Å². The lowest BCUT2D eigenvalue weighted by atomic mass is 10.1. The molecule has 0 aromatic carbocycles. The fraction of sp³-hybridized carbons (Fsp3) is 0.364. The largest absolute Gasteiger partial charge is 0.476 e. The van der Waals surface area contributed by atoms with Crippen LogP contribution in [0, 0.1) is 5.92 Å². The minimum Gasteiger partial charge on any atom is -0.476 e. The summed E-state index contributed by atoms with van der Waals surface area (Å²) in [7, 11) is 1.26. The number of aromatic nitrogens is 2. The maximum atomic E-state index is 11.8. The van der Waals surface area contributed by atoms with E-state index in [2.05, 4.69) is 14.7 Å². The van der Waals surface area contributed by atoms with E-state index in [-0.39, 0.29) is 30.4 Å². The molecule has 2 heterocycles. The van der Waals surface area contributed by atoms with Crippen molar-refractivity contribution in [3.8, 4) is 0 Å². The number of carboxylic acids is 1. The molecule has 1 fully saturated rings. The second kappa shape index (κ2) is 5.01. The van der Waals surface area contributed by atoms with E-state index in [0.717, 1.165) is 6.20 Å². The fourth-order valence-electron chi connectivity index (χ4n) is 1.82. The van der Waals surface area contributed by atoms with Gasteiger partial charge in [0.2, 0.25) is 5.91 Å². The SMILES string of the molecule is COC(=O)C1CC(=O)N(c2cnc(C(=O)O)cn2)C1. The molecule has 1 aromatic rings. The third-order valence-corrected chi connectivity index (χ3v) is 2.79. The lowest BCUT2D eigenvalue weighted by Crippen LogP contribution is -2.27. The van der Waals surface area contributed by atoms with Gasteiger partial charge < -0.3 is 9.84 Å². The normalized spacial score (nSPS) is 18.5. The number of ether oxygens (including phenoxy) is 1. The average molecular weight is 265 g/mol. The van der Waals surface area contributed by atoms with Crippen LogP contribution in [-0.4, -0.2) is 46.6 Å². The van der Waals surface area contributed by atoms with Gasteiger partial charge in [-0.3, -0.25) is 14.5 Å². The van der Waals surface area contributed by atoms with Gasteiger partial charge >= 0.3 is 11.9 Å². The van der Waals surface area contributed by atoms with Crippen molar-refractivity contribution >= 4 is 23.7 Å². The summed E-state index contributed by atoms with van der Waals surface area (Å²) in [6.07, 6.45) is 2.31. The summed E-state index contributed by atoms with van der Waals surface area (Å²) in [4.78, 5) is 42.6. The second-order valence-corrected chi connectivity index (χ2v) is 3.99. The predicted octanol–water partition coefficient (Wildman–Crippen LogP) is -0.299. The second-order valence-electron chi connectivity index (χ2n) is 3.99. The van der Waals surface area contributed by atoms with E-state index in [1.807, 2.05) is 0 Å². The van der Waals surface area contributed by atoms with Crippen LogP contribution in [0.3, 0.4) is 0 Å². The topological polar surface area (TPSA) is 110 Å². The van der Waals surface area contributed by atoms with Crippen molar-refractivity contribution in [1.29, 1.82) is 0 Å². The van der Waals surface area contributed by atoms with Gasteiger partial charge in [0.25, 0.3) is 0 Å². The van der Waals surface area contributed by atoms with Gasteiger partial charge in [-0.2, -0.15) is 0 Å². The molecule has 0 aliphatic carbocycles. The van der Waals surface area contributed by atoms with Gasteiger partial charge in [-0.25, -0.2) is 14.8 Å². The van der Waals surface area contributed by atoms with Gasteiger partial charge in [-0.1, -0.05) is 0 Å². The van der Waals surface area contributed by atoms with Crippen molar-refractivity contribution in [3.05, 3.63) is 18.1 Å². The van der Waals surface area contributed by atoms with Gasteiger partial charge in [-0.15, -0.1) is 0 Å². The number of rotatable bonds is 3. The van der Waals surface area contributed by atoms with E-state index in [9.17, 15) is 14.4 Å². The van der Waals surface area contributed by atoms with E-state index >= 15 is 0 Å². The highest BCUT2D eigenvalue weighted by molar-refractivity contribution is 5.98. The number of esters is 1. The number of carboxylic acid groups (broad SMARTS) is 1. The highest BCUT2D eigenvalue weighted by Crippen LogP contribution is 2.23. The molecule has 1 N–H and O–H groups in total. The highest BCUT2D eigenvalue weighted by atomic mass is 16.5. The number of carbonyl (C=O) groups is 3. The maximum Gasteiger partial charge on any atom is 0.356 e. The summed E-state index contributed by atoms with van der Waals surface area (Å²) in [5.74, 6) is -2.22. The summed E-state index contributed by atoms with van der Waals surface area (Å²) >= 11 is 0. The number of hydrogen-bond donors (Lipinski definition) is 1. The van der Waals surface area contributed by atoms with Crippen LogP contribution >= 0.6 is 0 Å². The number of aromatic carboxylic acids is 1. The van der Waals surface area contributed by atoms with E-state index in [4.69, 9.17) is 5.11 Å². The lowest BCUT2D eigenvalue weighted by Gasteiger charge is -2.14. The lowest BCUT2D eigenvalue weighted by molar-refractivity contribution is -0.145. The highest BCUT2D eigenvalue weighted by Gasteiger charge is 2.36. The van der Waals surface area contributed by atoms with Gasteiger partial charge in [0, 0.05) is 13.0 Å². The summed E-state index contributed by atoms with van der Waals surface area (Å²) in [6.45, 7) is 0.159. The predicted molar refractivity (Wildman–Crippen MR) is 61.5 cm³/mol. The van der Waals surface area contributed by atoms with Crippen LogP contribution in [0.5, 0.6) is 0 Å². The Morgan fingerprint density at radius 3 is 2.68 bits per heavy atom. The Balaban J connectivity index is 2.16. The van der Waals surface area contributed by atoms with Gasteiger partial charge in [0.15, 0.2) is 11.5 Å². The van der Waals surface area contributed by atoms with Crippen molar-refractivity contribution in [2.45, 2.75) is 6.42 Å². The van der Waals surface area contributed by atoms with Crippen molar-refractivity contribution in [2.75, 3.05) is 18.6 Å². The van der Waals surface area contributed by atoms with Gasteiger partial charge in [0.05, 0.1) is 25.4 Å². The number of carbonyl (C=O) groups excluding carboxylic acids is 2. The Morgan fingerprint density at radius 1 is 1.42 bits per heavy atom. The molecular formula is C11H11N3O5. The summed E-state index contributed by atoms with van der Waals surface area (Å²) < 4.78 is 4.59. The first-order valence-corrected chi connectivity index (χ1v) is 5.46. The van der Waals surface area contributed by atoms with E-state index in [0.29, 0.717) is 0 Å². The van der Waals surface area contributed by atoms with Crippen LogP contribution in [0.4, 0.5) is 5.82 Å². The van der Waals surface area contributed by atoms with Crippen molar-refractivity contribution in [2.24, 2.45) is 5.92 Å². The molecule has 1 aliphatic rings. The van der Waals surface area contributed by atoms with Crippen molar-refractivity contribution in [3.63, 3.8) is 0 Å². The minimum atomic E-state index is -1.20. The molecule has 8 nitrogen and oxygen atoms in total. The zero-order valence-electron chi connectivity index (χ0n) is 10.1. The molecule has 1 saturated heterocycles. The molecule has 1 aliphatic heterocycles. The molecule has 19 heavy (non-hydrogen) atoms. The number of methoxy groups -OCH3 is 1. The van der Waals surface area contributed by atoms with E-state index in [1.54, 1.807) is 0 Å². The smallest absolute Gasteiger partial charge is 0.356 e. The molecule has 100 valence electrons. The minimum absolute atomic E-state index is 0.0506. The van der Waals surface area contributed by atoms with Crippen LogP contribution in [0.1, 0.15) is 16.9 Å². The maximum absolute atomic E-state index is 11.8. The Labute approximate surface area is 108 Å². The summed E-state index contributed by atoms with van der Waals surface area (Å²) in [5.41, 5.74) is -0.208. The monoisotopic (exact) mass is 265 g/mol. The molecule has 2 rings (SSSR count). The summed E-state index contributed by atoms with van der Waals surface area (Å²) in [6, 6.07) is 0. The zero-order chi connectivity index (χ0) is 14.0. The van der Waals surface area contributed by atoms with Crippen molar-refractivity contribution in [1.82, 2.24) is 9.97 Å².